The number of nitrogens with zero attached hydrogens (tertiary/aromatic N) is 2. The van der Waals surface area contributed by atoms with Crippen LogP contribution in [0.15, 0.2) is 24.3 Å². The number of aromatic nitrogens is 2. The van der Waals surface area contributed by atoms with Gasteiger partial charge in [-0.25, -0.2) is 0 Å². The second-order valence-electron chi connectivity index (χ2n) is 4.50. The highest BCUT2D eigenvalue weighted by molar-refractivity contribution is 6.42. The monoisotopic (exact) mass is 298 g/mol. The first kappa shape index (κ1) is 14.4. The van der Waals surface area contributed by atoms with Gasteiger partial charge in [0.25, 0.3) is 0 Å². The lowest BCUT2D eigenvalue weighted by molar-refractivity contribution is 0.176. The third-order valence-corrected chi connectivity index (χ3v) is 3.86. The van der Waals surface area contributed by atoms with E-state index in [0.717, 1.165) is 23.4 Å². The molecule has 1 heterocycles. The van der Waals surface area contributed by atoms with Crippen LogP contribution in [0.3, 0.4) is 0 Å². The third-order valence-electron chi connectivity index (χ3n) is 3.12. The Morgan fingerprint density at radius 2 is 2.00 bits per heavy atom. The van der Waals surface area contributed by atoms with Gasteiger partial charge in [-0.1, -0.05) is 36.2 Å². The lowest BCUT2D eigenvalue weighted by atomic mass is 10.0. The van der Waals surface area contributed by atoms with Gasteiger partial charge in [0.1, 0.15) is 0 Å². The zero-order valence-electron chi connectivity index (χ0n) is 10.9. The van der Waals surface area contributed by atoms with Crippen molar-refractivity contribution in [1.29, 1.82) is 0 Å². The normalized spacial score (nSPS) is 12.7. The molecule has 2 aromatic rings. The van der Waals surface area contributed by atoms with Crippen LogP contribution in [0.25, 0.3) is 0 Å². The molecule has 0 spiro atoms. The van der Waals surface area contributed by atoms with E-state index in [0.29, 0.717) is 16.5 Å². The fourth-order valence-electron chi connectivity index (χ4n) is 1.97. The molecule has 0 aliphatic heterocycles. The average Bonchev–Trinajstić information content (AvgIpc) is 2.73. The van der Waals surface area contributed by atoms with Gasteiger partial charge in [-0.3, -0.25) is 4.68 Å². The summed E-state index contributed by atoms with van der Waals surface area (Å²) in [6.07, 6.45) is 0.771. The van der Waals surface area contributed by atoms with Crippen molar-refractivity contribution in [2.75, 3.05) is 0 Å². The van der Waals surface area contributed by atoms with Crippen LogP contribution >= 0.6 is 23.2 Å². The van der Waals surface area contributed by atoms with Crippen LogP contribution in [0.1, 0.15) is 30.0 Å². The fourth-order valence-corrected chi connectivity index (χ4v) is 2.28. The number of aliphatic hydroxyl groups is 1. The van der Waals surface area contributed by atoms with E-state index < -0.39 is 6.10 Å². The topological polar surface area (TPSA) is 38.0 Å². The highest BCUT2D eigenvalue weighted by atomic mass is 35.5. The van der Waals surface area contributed by atoms with E-state index in [4.69, 9.17) is 23.2 Å². The van der Waals surface area contributed by atoms with Gasteiger partial charge < -0.3 is 5.11 Å². The molecule has 1 aromatic heterocycles. The Labute approximate surface area is 122 Å². The van der Waals surface area contributed by atoms with Crippen molar-refractivity contribution in [3.63, 3.8) is 0 Å². The highest BCUT2D eigenvalue weighted by Crippen LogP contribution is 2.27. The van der Waals surface area contributed by atoms with E-state index in [1.54, 1.807) is 22.9 Å². The molecule has 0 aliphatic carbocycles. The van der Waals surface area contributed by atoms with Gasteiger partial charge in [0, 0.05) is 19.2 Å². The van der Waals surface area contributed by atoms with E-state index >= 15 is 0 Å². The second kappa shape index (κ2) is 5.95. The minimum atomic E-state index is -0.616. The average molecular weight is 299 g/mol. The number of aryl methyl sites for hydroxylation is 2. The maximum absolute atomic E-state index is 10.3. The number of rotatable bonds is 4. The smallest absolute Gasteiger partial charge is 0.0845 e. The van der Waals surface area contributed by atoms with Crippen LogP contribution in [-0.2, 0) is 19.9 Å². The molecule has 5 heteroatoms. The zero-order valence-corrected chi connectivity index (χ0v) is 12.4. The zero-order chi connectivity index (χ0) is 14.0. The summed E-state index contributed by atoms with van der Waals surface area (Å²) in [6, 6.07) is 7.20. The quantitative estimate of drug-likeness (QED) is 0.937. The first-order valence-corrected chi connectivity index (χ1v) is 6.91. The minimum Gasteiger partial charge on any atom is -0.388 e. The summed E-state index contributed by atoms with van der Waals surface area (Å²) in [7, 11) is 1.88. The Balaban J connectivity index is 2.17. The molecule has 1 N–H and O–H groups in total. The summed E-state index contributed by atoms with van der Waals surface area (Å²) in [5, 5.41) is 15.6. The predicted octanol–water partition coefficient (Wildman–Crippen LogP) is 3.57. The number of aliphatic hydroxyl groups excluding tert-OH is 1. The standard InChI is InChI=1S/C14H16Cl2N2O/c1-3-10-7-11(18(2)17-10)8-14(19)9-4-5-12(15)13(16)6-9/h4-7,14,19H,3,8H2,1-2H3. The maximum atomic E-state index is 10.3. The van der Waals surface area contributed by atoms with Gasteiger partial charge in [-0.2, -0.15) is 5.10 Å². The molecule has 0 radical (unpaired) electrons. The molecule has 1 aromatic carbocycles. The van der Waals surface area contributed by atoms with E-state index in [2.05, 4.69) is 12.0 Å². The van der Waals surface area contributed by atoms with Crippen LogP contribution in [-0.4, -0.2) is 14.9 Å². The van der Waals surface area contributed by atoms with Gasteiger partial charge in [-0.05, 0) is 30.2 Å². The van der Waals surface area contributed by atoms with Crippen molar-refractivity contribution in [3.05, 3.63) is 51.3 Å². The SMILES string of the molecule is CCc1cc(CC(O)c2ccc(Cl)c(Cl)c2)n(C)n1. The van der Waals surface area contributed by atoms with Crippen LogP contribution in [0.2, 0.25) is 10.0 Å². The molecule has 0 saturated carbocycles. The van der Waals surface area contributed by atoms with Crippen molar-refractivity contribution < 1.29 is 5.11 Å². The first-order valence-electron chi connectivity index (χ1n) is 6.16. The number of halogens is 2. The second-order valence-corrected chi connectivity index (χ2v) is 5.31. The summed E-state index contributed by atoms with van der Waals surface area (Å²) in [6.45, 7) is 2.06. The number of hydrogen-bond acceptors (Lipinski definition) is 2. The minimum absolute atomic E-state index is 0.456. The fraction of sp³-hybridized carbons (Fsp3) is 0.357. The van der Waals surface area contributed by atoms with E-state index in [1.165, 1.54) is 0 Å². The van der Waals surface area contributed by atoms with Crippen LogP contribution in [0.5, 0.6) is 0 Å². The molecule has 0 fully saturated rings. The largest absolute Gasteiger partial charge is 0.388 e. The van der Waals surface area contributed by atoms with Gasteiger partial charge in [0.15, 0.2) is 0 Å². The molecule has 19 heavy (non-hydrogen) atoms. The van der Waals surface area contributed by atoms with Crippen molar-refractivity contribution in [2.45, 2.75) is 25.9 Å². The van der Waals surface area contributed by atoms with Crippen molar-refractivity contribution in [2.24, 2.45) is 7.05 Å². The first-order chi connectivity index (χ1) is 9.01. The number of benzene rings is 1. The molecule has 0 amide bonds. The molecule has 1 unspecified atom stereocenters. The van der Waals surface area contributed by atoms with Gasteiger partial charge in [-0.15, -0.1) is 0 Å². The molecule has 1 atom stereocenters. The molecule has 3 nitrogen and oxygen atoms in total. The molecule has 0 saturated heterocycles. The third kappa shape index (κ3) is 3.30. The molecular formula is C14H16Cl2N2O. The molecule has 0 aliphatic rings. The van der Waals surface area contributed by atoms with Crippen LogP contribution in [0.4, 0.5) is 0 Å². The Morgan fingerprint density at radius 3 is 2.58 bits per heavy atom. The van der Waals surface area contributed by atoms with Gasteiger partial charge >= 0.3 is 0 Å². The lowest BCUT2D eigenvalue weighted by Gasteiger charge is -2.11. The Kier molecular flexibility index (Phi) is 4.50. The molecule has 2 rings (SSSR count). The van der Waals surface area contributed by atoms with E-state index in [1.807, 2.05) is 13.1 Å². The van der Waals surface area contributed by atoms with Crippen LogP contribution in [0, 0.1) is 0 Å². The van der Waals surface area contributed by atoms with Gasteiger partial charge in [0.2, 0.25) is 0 Å². The Hall–Kier alpha value is -1.03. The Bertz CT molecular complexity index is 581. The summed E-state index contributed by atoms with van der Waals surface area (Å²) < 4.78 is 1.81. The van der Waals surface area contributed by atoms with E-state index in [-0.39, 0.29) is 0 Å². The predicted molar refractivity (Wildman–Crippen MR) is 77.7 cm³/mol. The van der Waals surface area contributed by atoms with Crippen molar-refractivity contribution >= 4 is 23.2 Å². The summed E-state index contributed by atoms with van der Waals surface area (Å²) in [5.41, 5.74) is 2.78. The van der Waals surface area contributed by atoms with Crippen molar-refractivity contribution in [1.82, 2.24) is 9.78 Å². The molecule has 102 valence electrons. The maximum Gasteiger partial charge on any atom is 0.0845 e. The molecular weight excluding hydrogens is 283 g/mol. The summed E-state index contributed by atoms with van der Waals surface area (Å²) >= 11 is 11.8. The van der Waals surface area contributed by atoms with Crippen molar-refractivity contribution in [3.8, 4) is 0 Å². The van der Waals surface area contributed by atoms with Crippen LogP contribution < -0.4 is 0 Å². The lowest BCUT2D eigenvalue weighted by Crippen LogP contribution is -2.06. The number of hydrogen-bond donors (Lipinski definition) is 1. The summed E-state index contributed by atoms with van der Waals surface area (Å²) in [4.78, 5) is 0. The highest BCUT2D eigenvalue weighted by Gasteiger charge is 2.13. The Morgan fingerprint density at radius 1 is 1.26 bits per heavy atom. The van der Waals surface area contributed by atoms with Gasteiger partial charge in [0.05, 0.1) is 21.8 Å². The molecule has 0 bridgehead atoms. The summed E-state index contributed by atoms with van der Waals surface area (Å²) in [5.74, 6) is 0. The van der Waals surface area contributed by atoms with E-state index in [9.17, 15) is 5.11 Å².